The van der Waals surface area contributed by atoms with Crippen molar-refractivity contribution in [2.24, 2.45) is 0 Å². The van der Waals surface area contributed by atoms with Crippen LogP contribution in [0, 0.1) is 6.92 Å². The Morgan fingerprint density at radius 2 is 1.71 bits per heavy atom. The first kappa shape index (κ1) is 23.2. The van der Waals surface area contributed by atoms with Crippen LogP contribution in [0.4, 0.5) is 11.4 Å². The van der Waals surface area contributed by atoms with E-state index in [-0.39, 0.29) is 18.1 Å². The smallest absolute Gasteiger partial charge is 0.278 e. The molecule has 4 rings (SSSR count). The molecule has 176 valence electrons. The van der Waals surface area contributed by atoms with Crippen LogP contribution in [0.2, 0.25) is 0 Å². The van der Waals surface area contributed by atoms with E-state index in [0.717, 1.165) is 24.5 Å². The van der Waals surface area contributed by atoms with Crippen molar-refractivity contribution in [3.8, 4) is 5.69 Å². The SMILES string of the molecule is Cc1cc(=O)c(C(=O)N(C)CC(=O)Nc2ccc(N3CCOCC3)cc2)nn1-c1ccccc1. The van der Waals surface area contributed by atoms with Gasteiger partial charge in [-0.25, -0.2) is 4.68 Å². The number of carbonyl (C=O) groups excluding carboxylic acids is 2. The van der Waals surface area contributed by atoms with Crippen molar-refractivity contribution < 1.29 is 14.3 Å². The van der Waals surface area contributed by atoms with Gasteiger partial charge in [-0.3, -0.25) is 14.4 Å². The molecule has 1 saturated heterocycles. The molecule has 1 N–H and O–H groups in total. The van der Waals surface area contributed by atoms with E-state index in [9.17, 15) is 14.4 Å². The topological polar surface area (TPSA) is 96.8 Å². The van der Waals surface area contributed by atoms with Gasteiger partial charge >= 0.3 is 0 Å². The normalized spacial score (nSPS) is 13.4. The van der Waals surface area contributed by atoms with E-state index in [1.54, 1.807) is 11.6 Å². The highest BCUT2D eigenvalue weighted by molar-refractivity contribution is 5.98. The van der Waals surface area contributed by atoms with Crippen LogP contribution in [-0.2, 0) is 9.53 Å². The summed E-state index contributed by atoms with van der Waals surface area (Å²) in [4.78, 5) is 41.3. The van der Waals surface area contributed by atoms with Crippen LogP contribution in [0.15, 0.2) is 65.5 Å². The Morgan fingerprint density at radius 3 is 2.38 bits per heavy atom. The first-order chi connectivity index (χ1) is 16.4. The van der Waals surface area contributed by atoms with Crippen LogP contribution < -0.4 is 15.6 Å². The summed E-state index contributed by atoms with van der Waals surface area (Å²) < 4.78 is 6.91. The number of anilines is 2. The predicted octanol–water partition coefficient (Wildman–Crippen LogP) is 2.09. The number of aryl methyl sites for hydroxylation is 1. The zero-order valence-electron chi connectivity index (χ0n) is 19.2. The highest BCUT2D eigenvalue weighted by Gasteiger charge is 2.21. The fourth-order valence-electron chi connectivity index (χ4n) is 3.77. The van der Waals surface area contributed by atoms with Crippen molar-refractivity contribution in [2.45, 2.75) is 6.92 Å². The molecule has 1 fully saturated rings. The standard InChI is InChI=1S/C25H27N5O4/c1-18-16-22(31)24(27-30(18)21-6-4-3-5-7-21)25(33)28(2)17-23(32)26-19-8-10-20(11-9-19)29-12-14-34-15-13-29/h3-11,16H,12-15,17H2,1-2H3,(H,26,32). The first-order valence-electron chi connectivity index (χ1n) is 11.1. The largest absolute Gasteiger partial charge is 0.378 e. The maximum absolute atomic E-state index is 12.9. The molecule has 1 aliphatic heterocycles. The van der Waals surface area contributed by atoms with Gasteiger partial charge in [0.1, 0.15) is 0 Å². The average molecular weight is 462 g/mol. The van der Waals surface area contributed by atoms with Gasteiger partial charge in [-0.05, 0) is 43.3 Å². The molecule has 9 nitrogen and oxygen atoms in total. The van der Waals surface area contributed by atoms with E-state index >= 15 is 0 Å². The van der Waals surface area contributed by atoms with E-state index < -0.39 is 11.3 Å². The molecule has 0 spiro atoms. The lowest BCUT2D eigenvalue weighted by Crippen LogP contribution is -2.38. The second-order valence-electron chi connectivity index (χ2n) is 8.10. The summed E-state index contributed by atoms with van der Waals surface area (Å²) in [5, 5.41) is 7.07. The van der Waals surface area contributed by atoms with Crippen molar-refractivity contribution in [3.63, 3.8) is 0 Å². The highest BCUT2D eigenvalue weighted by Crippen LogP contribution is 2.19. The molecule has 0 saturated carbocycles. The number of nitrogens with one attached hydrogen (secondary N) is 1. The number of benzene rings is 2. The summed E-state index contributed by atoms with van der Waals surface area (Å²) >= 11 is 0. The van der Waals surface area contributed by atoms with E-state index in [1.807, 2.05) is 54.6 Å². The van der Waals surface area contributed by atoms with Crippen molar-refractivity contribution in [1.29, 1.82) is 0 Å². The average Bonchev–Trinajstić information content (AvgIpc) is 2.85. The van der Waals surface area contributed by atoms with Gasteiger partial charge in [0.15, 0.2) is 5.69 Å². The molecule has 0 unspecified atom stereocenters. The third-order valence-electron chi connectivity index (χ3n) is 5.57. The van der Waals surface area contributed by atoms with Gasteiger partial charge in [0.25, 0.3) is 5.91 Å². The van der Waals surface area contributed by atoms with Crippen LogP contribution in [-0.4, -0.2) is 66.4 Å². The molecule has 0 atom stereocenters. The van der Waals surface area contributed by atoms with Gasteiger partial charge in [-0.15, -0.1) is 0 Å². The third kappa shape index (κ3) is 5.32. The van der Waals surface area contributed by atoms with Gasteiger partial charge in [0.05, 0.1) is 25.4 Å². The summed E-state index contributed by atoms with van der Waals surface area (Å²) in [5.41, 5.74) is 2.31. The summed E-state index contributed by atoms with van der Waals surface area (Å²) in [5.74, 6) is -0.988. The molecule has 3 aromatic rings. The summed E-state index contributed by atoms with van der Waals surface area (Å²) in [6.45, 7) is 4.59. The number of carbonyl (C=O) groups is 2. The van der Waals surface area contributed by atoms with Crippen LogP contribution in [0.5, 0.6) is 0 Å². The minimum atomic E-state index is -0.618. The van der Waals surface area contributed by atoms with Gasteiger partial charge in [0.2, 0.25) is 11.3 Å². The molecule has 1 aromatic heterocycles. The van der Waals surface area contributed by atoms with Crippen LogP contribution in [0.3, 0.4) is 0 Å². The summed E-state index contributed by atoms with van der Waals surface area (Å²) in [6.07, 6.45) is 0. The summed E-state index contributed by atoms with van der Waals surface area (Å²) in [6, 6.07) is 18.1. The van der Waals surface area contributed by atoms with Gasteiger partial charge in [0, 0.05) is 43.3 Å². The lowest BCUT2D eigenvalue weighted by molar-refractivity contribution is -0.116. The Balaban J connectivity index is 1.41. The Kier molecular flexibility index (Phi) is 7.03. The molecule has 2 amide bonds. The Hall–Kier alpha value is -3.98. The van der Waals surface area contributed by atoms with E-state index in [4.69, 9.17) is 4.74 Å². The fourth-order valence-corrected chi connectivity index (χ4v) is 3.77. The lowest BCUT2D eigenvalue weighted by atomic mass is 10.2. The van der Waals surface area contributed by atoms with Crippen LogP contribution >= 0.6 is 0 Å². The molecule has 0 bridgehead atoms. The molecule has 34 heavy (non-hydrogen) atoms. The Labute approximate surface area is 197 Å². The molecular formula is C25H27N5O4. The second-order valence-corrected chi connectivity index (χ2v) is 8.10. The van der Waals surface area contributed by atoms with E-state index in [0.29, 0.717) is 24.6 Å². The Morgan fingerprint density at radius 1 is 1.03 bits per heavy atom. The minimum absolute atomic E-state index is 0.218. The Bertz CT molecular complexity index is 1220. The van der Waals surface area contributed by atoms with Crippen LogP contribution in [0.1, 0.15) is 16.2 Å². The van der Waals surface area contributed by atoms with E-state index in [1.165, 1.54) is 18.0 Å². The maximum atomic E-state index is 12.9. The number of amides is 2. The zero-order valence-corrected chi connectivity index (χ0v) is 19.2. The van der Waals surface area contributed by atoms with Crippen molar-refractivity contribution in [1.82, 2.24) is 14.7 Å². The molecular weight excluding hydrogens is 434 g/mol. The number of rotatable bonds is 6. The highest BCUT2D eigenvalue weighted by atomic mass is 16.5. The maximum Gasteiger partial charge on any atom is 0.278 e. The quantitative estimate of drug-likeness (QED) is 0.604. The lowest BCUT2D eigenvalue weighted by Gasteiger charge is -2.28. The molecule has 9 heteroatoms. The zero-order chi connectivity index (χ0) is 24.1. The monoisotopic (exact) mass is 461 g/mol. The molecule has 0 aliphatic carbocycles. The first-order valence-corrected chi connectivity index (χ1v) is 11.1. The van der Waals surface area contributed by atoms with Crippen LogP contribution in [0.25, 0.3) is 5.69 Å². The predicted molar refractivity (Wildman–Crippen MR) is 130 cm³/mol. The third-order valence-corrected chi connectivity index (χ3v) is 5.57. The minimum Gasteiger partial charge on any atom is -0.378 e. The van der Waals surface area contributed by atoms with E-state index in [2.05, 4.69) is 15.3 Å². The second kappa shape index (κ2) is 10.3. The molecule has 1 aliphatic rings. The molecule has 2 aromatic carbocycles. The molecule has 2 heterocycles. The van der Waals surface area contributed by atoms with Crippen molar-refractivity contribution in [2.75, 3.05) is 50.1 Å². The molecule has 0 radical (unpaired) electrons. The van der Waals surface area contributed by atoms with Gasteiger partial charge in [-0.1, -0.05) is 18.2 Å². The number of para-hydroxylation sites is 1. The van der Waals surface area contributed by atoms with Gasteiger partial charge in [-0.2, -0.15) is 5.10 Å². The number of ether oxygens (including phenoxy) is 1. The number of hydrogen-bond donors (Lipinski definition) is 1. The number of nitrogens with zero attached hydrogens (tertiary/aromatic N) is 4. The van der Waals surface area contributed by atoms with Gasteiger partial charge < -0.3 is 19.9 Å². The van der Waals surface area contributed by atoms with Crippen molar-refractivity contribution in [3.05, 3.63) is 82.3 Å². The number of morpholine rings is 1. The van der Waals surface area contributed by atoms with Crippen molar-refractivity contribution >= 4 is 23.2 Å². The number of hydrogen-bond acceptors (Lipinski definition) is 6. The number of aromatic nitrogens is 2. The fraction of sp³-hybridized carbons (Fsp3) is 0.280. The number of likely N-dealkylation sites (N-methyl/N-ethyl adjacent to an activating group) is 1. The summed E-state index contributed by atoms with van der Waals surface area (Å²) in [7, 11) is 1.47.